The van der Waals surface area contributed by atoms with Gasteiger partial charge in [0.25, 0.3) is 5.92 Å². The van der Waals surface area contributed by atoms with Crippen molar-refractivity contribution in [2.24, 2.45) is 0 Å². The number of carbonyl (C=O) groups is 4. The third kappa shape index (κ3) is 9.82. The standard InChI is InChI=1S/C41H49ClF3N5O5Si/c1-26(24-55-56(6,7)40(3,4)5)50(22-36(52)47-34-15-10-13-30(38(34)43)29-12-8-9-14-33(29)42)37(53)23-49-21-32(27(2)51)31-20-28(16-17-35(31)49)46-39(54)48-19-11-18-41(44,45)25-48/h8-10,12-17,20-21,26H,11,18-19,22-25H2,1-7H3,(H,46,54)(H,47,52)/t26-/m1/s1. The lowest BCUT2D eigenvalue weighted by molar-refractivity contribution is -0.137. The molecule has 0 spiro atoms. The van der Waals surface area contributed by atoms with E-state index in [9.17, 15) is 28.0 Å². The Bertz CT molecular complexity index is 2140. The van der Waals surface area contributed by atoms with Crippen LogP contribution >= 0.6 is 11.6 Å². The molecule has 56 heavy (non-hydrogen) atoms. The fourth-order valence-corrected chi connectivity index (χ4v) is 7.68. The molecule has 10 nitrogen and oxygen atoms in total. The van der Waals surface area contributed by atoms with Crippen LogP contribution in [-0.2, 0) is 20.6 Å². The Morgan fingerprint density at radius 2 is 1.71 bits per heavy atom. The number of alkyl halides is 2. The lowest BCUT2D eigenvalue weighted by atomic mass is 10.0. The van der Waals surface area contributed by atoms with Gasteiger partial charge in [-0.05, 0) is 68.7 Å². The molecule has 1 aliphatic rings. The highest BCUT2D eigenvalue weighted by Gasteiger charge is 2.39. The van der Waals surface area contributed by atoms with Crippen molar-refractivity contribution in [2.45, 2.75) is 84.1 Å². The number of fused-ring (bicyclic) bond motifs is 1. The van der Waals surface area contributed by atoms with Gasteiger partial charge in [0.2, 0.25) is 11.8 Å². The average Bonchev–Trinajstić information content (AvgIpc) is 3.47. The number of aromatic nitrogens is 1. The van der Waals surface area contributed by atoms with E-state index in [4.69, 9.17) is 16.0 Å². The second-order valence-corrected chi connectivity index (χ2v) is 21.1. The lowest BCUT2D eigenvalue weighted by Crippen LogP contribution is -2.49. The first kappa shape index (κ1) is 42.5. The van der Waals surface area contributed by atoms with Gasteiger partial charge in [-0.25, -0.2) is 18.0 Å². The minimum atomic E-state index is -2.97. The van der Waals surface area contributed by atoms with Crippen LogP contribution in [0.15, 0.2) is 66.9 Å². The molecule has 1 saturated heterocycles. The van der Waals surface area contributed by atoms with Crippen LogP contribution in [0.3, 0.4) is 0 Å². The number of hydrogen-bond acceptors (Lipinski definition) is 5. The van der Waals surface area contributed by atoms with Gasteiger partial charge >= 0.3 is 6.03 Å². The molecule has 300 valence electrons. The number of Topliss-reactive ketones (excluding diaryl/α,β-unsaturated/α-hetero) is 1. The summed E-state index contributed by atoms with van der Waals surface area (Å²) < 4.78 is 51.8. The summed E-state index contributed by atoms with van der Waals surface area (Å²) in [5.41, 5.74) is 1.66. The number of rotatable bonds is 12. The molecule has 15 heteroatoms. The van der Waals surface area contributed by atoms with Crippen LogP contribution in [0.1, 0.15) is 57.8 Å². The molecule has 2 N–H and O–H groups in total. The van der Waals surface area contributed by atoms with Gasteiger partial charge in [0.05, 0.1) is 24.9 Å². The van der Waals surface area contributed by atoms with Crippen molar-refractivity contribution in [1.82, 2.24) is 14.4 Å². The molecule has 5 rings (SSSR count). The van der Waals surface area contributed by atoms with Crippen LogP contribution < -0.4 is 10.6 Å². The lowest BCUT2D eigenvalue weighted by Gasteiger charge is -2.38. The molecule has 1 fully saturated rings. The van der Waals surface area contributed by atoms with Crippen LogP contribution in [-0.4, -0.2) is 84.5 Å². The van der Waals surface area contributed by atoms with E-state index in [0.717, 1.165) is 4.90 Å². The maximum absolute atomic E-state index is 15.8. The Morgan fingerprint density at radius 1 is 1.02 bits per heavy atom. The van der Waals surface area contributed by atoms with Crippen molar-refractivity contribution < 1.29 is 36.8 Å². The van der Waals surface area contributed by atoms with Gasteiger partial charge in [0, 0.05) is 57.5 Å². The Balaban J connectivity index is 1.40. The van der Waals surface area contributed by atoms with Crippen molar-refractivity contribution in [2.75, 3.05) is 36.9 Å². The molecule has 1 aliphatic heterocycles. The smallest absolute Gasteiger partial charge is 0.322 e. The average molecular weight is 812 g/mol. The molecule has 1 aromatic heterocycles. The van der Waals surface area contributed by atoms with E-state index in [1.807, 2.05) is 0 Å². The topological polar surface area (TPSA) is 113 Å². The second kappa shape index (κ2) is 16.8. The molecular formula is C41H49ClF3N5O5Si. The van der Waals surface area contributed by atoms with E-state index in [2.05, 4.69) is 44.5 Å². The van der Waals surface area contributed by atoms with Crippen LogP contribution in [0.25, 0.3) is 22.0 Å². The number of ketones is 1. The number of nitrogens with zero attached hydrogens (tertiary/aromatic N) is 3. The Hall–Kier alpha value is -4.66. The quantitative estimate of drug-likeness (QED) is 0.109. The predicted octanol–water partition coefficient (Wildman–Crippen LogP) is 9.44. The van der Waals surface area contributed by atoms with Crippen LogP contribution in [0.4, 0.5) is 29.3 Å². The number of halogens is 4. The van der Waals surface area contributed by atoms with Gasteiger partial charge in [-0.15, -0.1) is 0 Å². The summed E-state index contributed by atoms with van der Waals surface area (Å²) >= 11 is 6.34. The zero-order valence-corrected chi connectivity index (χ0v) is 34.5. The van der Waals surface area contributed by atoms with Crippen LogP contribution in [0.2, 0.25) is 23.2 Å². The summed E-state index contributed by atoms with van der Waals surface area (Å²) in [6.45, 7) is 12.6. The molecule has 2 heterocycles. The van der Waals surface area contributed by atoms with Crippen molar-refractivity contribution in [3.63, 3.8) is 0 Å². The van der Waals surface area contributed by atoms with Crippen molar-refractivity contribution >= 4 is 65.8 Å². The van der Waals surface area contributed by atoms with Crippen molar-refractivity contribution in [3.8, 4) is 11.1 Å². The van der Waals surface area contributed by atoms with Gasteiger partial charge in [-0.1, -0.05) is 62.7 Å². The number of anilines is 2. The molecule has 0 unspecified atom stereocenters. The maximum Gasteiger partial charge on any atom is 0.322 e. The molecule has 0 aliphatic carbocycles. The third-order valence-corrected chi connectivity index (χ3v) is 15.4. The first-order chi connectivity index (χ1) is 26.2. The van der Waals surface area contributed by atoms with E-state index in [1.54, 1.807) is 66.1 Å². The fraction of sp³-hybridized carbons (Fsp3) is 0.415. The zero-order valence-electron chi connectivity index (χ0n) is 32.8. The third-order valence-electron chi connectivity index (χ3n) is 10.6. The van der Waals surface area contributed by atoms with Crippen LogP contribution in [0.5, 0.6) is 0 Å². The number of hydrogen-bond donors (Lipinski definition) is 2. The van der Waals surface area contributed by atoms with Crippen molar-refractivity contribution in [3.05, 3.63) is 83.3 Å². The zero-order chi connectivity index (χ0) is 41.2. The van der Waals surface area contributed by atoms with Crippen LogP contribution in [0, 0.1) is 5.82 Å². The van der Waals surface area contributed by atoms with Crippen molar-refractivity contribution in [1.29, 1.82) is 0 Å². The number of amides is 4. The molecule has 1 atom stereocenters. The monoisotopic (exact) mass is 811 g/mol. The number of likely N-dealkylation sites (tertiary alicyclic amines) is 1. The molecule has 4 aromatic rings. The number of urea groups is 1. The van der Waals surface area contributed by atoms with E-state index in [-0.39, 0.29) is 60.2 Å². The van der Waals surface area contributed by atoms with E-state index >= 15 is 4.39 Å². The summed E-state index contributed by atoms with van der Waals surface area (Å²) in [4.78, 5) is 56.0. The van der Waals surface area contributed by atoms with E-state index in [1.165, 1.54) is 24.1 Å². The van der Waals surface area contributed by atoms with Gasteiger partial charge in [0.1, 0.15) is 13.1 Å². The Kier molecular flexibility index (Phi) is 12.8. The number of piperidine rings is 1. The summed E-state index contributed by atoms with van der Waals surface area (Å²) in [5.74, 6) is -5.05. The predicted molar refractivity (Wildman–Crippen MR) is 217 cm³/mol. The molecule has 4 amide bonds. The number of nitrogens with one attached hydrogen (secondary N) is 2. The SMILES string of the molecule is CC(=O)c1cn(CC(=O)N(CC(=O)Nc2cccc(-c3ccccc3Cl)c2F)[C@H](C)CO[Si](C)(C)C(C)(C)C)c2ccc(NC(=O)N3CCCC(F)(F)C3)cc12. The van der Waals surface area contributed by atoms with E-state index in [0.29, 0.717) is 27.2 Å². The second-order valence-electron chi connectivity index (χ2n) is 15.9. The normalized spacial score (nSPS) is 15.0. The molecule has 0 saturated carbocycles. The summed E-state index contributed by atoms with van der Waals surface area (Å²) in [6.07, 6.45) is 1.43. The summed E-state index contributed by atoms with van der Waals surface area (Å²) in [7, 11) is -2.27. The van der Waals surface area contributed by atoms with Gasteiger partial charge in [-0.2, -0.15) is 0 Å². The summed E-state index contributed by atoms with van der Waals surface area (Å²) in [6, 6.07) is 14.9. The minimum Gasteiger partial charge on any atom is -0.415 e. The van der Waals surface area contributed by atoms with Gasteiger partial charge in [-0.3, -0.25) is 14.4 Å². The fourth-order valence-electron chi connectivity index (χ4n) is 6.35. The number of benzene rings is 3. The molecule has 0 bridgehead atoms. The first-order valence-electron chi connectivity index (χ1n) is 18.5. The van der Waals surface area contributed by atoms with Gasteiger partial charge in [0.15, 0.2) is 19.9 Å². The molecular weight excluding hydrogens is 763 g/mol. The first-order valence-corrected chi connectivity index (χ1v) is 21.8. The molecule has 0 radical (unpaired) electrons. The van der Waals surface area contributed by atoms with E-state index < -0.39 is 57.0 Å². The molecule has 3 aromatic carbocycles. The number of carbonyl (C=O) groups excluding carboxylic acids is 4. The van der Waals surface area contributed by atoms with Gasteiger partial charge < -0.3 is 29.4 Å². The highest BCUT2D eigenvalue weighted by Crippen LogP contribution is 2.37. The highest BCUT2D eigenvalue weighted by atomic mass is 35.5. The largest absolute Gasteiger partial charge is 0.415 e. The Labute approximate surface area is 331 Å². The highest BCUT2D eigenvalue weighted by molar-refractivity contribution is 6.74. The summed E-state index contributed by atoms with van der Waals surface area (Å²) in [5, 5.41) is 5.96. The maximum atomic E-state index is 15.8. The minimum absolute atomic E-state index is 0.0793. The Morgan fingerprint density at radius 3 is 2.38 bits per heavy atom.